The van der Waals surface area contributed by atoms with E-state index in [1.807, 2.05) is 20.8 Å². The van der Waals surface area contributed by atoms with Gasteiger partial charge in [-0.15, -0.1) is 0 Å². The van der Waals surface area contributed by atoms with Crippen molar-refractivity contribution < 1.29 is 28.0 Å². The van der Waals surface area contributed by atoms with Crippen LogP contribution in [0.4, 0.5) is 8.78 Å². The third kappa shape index (κ3) is 4.29. The summed E-state index contributed by atoms with van der Waals surface area (Å²) in [6.45, 7) is 5.67. The number of halogens is 2. The quantitative estimate of drug-likeness (QED) is 0.519. The number of rotatable bonds is 5. The monoisotopic (exact) mass is 579 g/mol. The Morgan fingerprint density at radius 2 is 1.90 bits per heavy atom. The Morgan fingerprint density at radius 1 is 1.19 bits per heavy atom. The molecule has 2 aliphatic carbocycles. The van der Waals surface area contributed by atoms with Crippen LogP contribution in [0, 0.1) is 51.6 Å². The molecule has 4 amide bonds. The van der Waals surface area contributed by atoms with Crippen LogP contribution in [0.2, 0.25) is 0 Å². The molecule has 1 aromatic rings. The molecule has 0 radical (unpaired) electrons. The highest BCUT2D eigenvalue weighted by Gasteiger charge is 2.65. The Hall–Kier alpha value is -3.81. The summed E-state index contributed by atoms with van der Waals surface area (Å²) in [7, 11) is 0. The topological polar surface area (TPSA) is 123 Å². The van der Waals surface area contributed by atoms with Crippen LogP contribution in [0.5, 0.6) is 0 Å². The van der Waals surface area contributed by atoms with Gasteiger partial charge in [0, 0.05) is 25.2 Å². The molecular formula is C31H35F2N5O4. The minimum Gasteiger partial charge on any atom is -0.346 e. The fourth-order valence-electron chi connectivity index (χ4n) is 8.30. The lowest BCUT2D eigenvalue weighted by atomic mass is 9.77. The summed E-state index contributed by atoms with van der Waals surface area (Å²) in [6.07, 6.45) is 2.26. The van der Waals surface area contributed by atoms with Crippen molar-refractivity contribution in [2.75, 3.05) is 13.1 Å². The summed E-state index contributed by atoms with van der Waals surface area (Å²) >= 11 is 0. The molecule has 6 rings (SSSR count). The zero-order valence-electron chi connectivity index (χ0n) is 23.8. The maximum Gasteiger partial charge on any atom is 0.246 e. The predicted octanol–water partition coefficient (Wildman–Crippen LogP) is 2.39. The molecule has 4 fully saturated rings. The Morgan fingerprint density at radius 3 is 2.55 bits per heavy atom. The summed E-state index contributed by atoms with van der Waals surface area (Å²) in [5.41, 5.74) is -0.745. The Balaban J connectivity index is 1.34. The molecule has 222 valence electrons. The molecule has 2 bridgehead atoms. The van der Waals surface area contributed by atoms with E-state index >= 15 is 4.39 Å². The van der Waals surface area contributed by atoms with Crippen LogP contribution >= 0.6 is 0 Å². The first kappa shape index (κ1) is 28.3. The van der Waals surface area contributed by atoms with Crippen LogP contribution in [-0.2, 0) is 19.2 Å². The molecule has 2 N–H and O–H groups in total. The van der Waals surface area contributed by atoms with Crippen molar-refractivity contribution in [1.29, 1.82) is 5.26 Å². The molecule has 2 saturated heterocycles. The summed E-state index contributed by atoms with van der Waals surface area (Å²) in [5.74, 6) is -2.39. The maximum atomic E-state index is 15.1. The van der Waals surface area contributed by atoms with Gasteiger partial charge in [0.05, 0.1) is 11.5 Å². The lowest BCUT2D eigenvalue weighted by Gasteiger charge is -2.38. The van der Waals surface area contributed by atoms with Crippen molar-refractivity contribution >= 4 is 29.8 Å². The molecule has 1 spiro atoms. The van der Waals surface area contributed by atoms with E-state index < -0.39 is 58.7 Å². The van der Waals surface area contributed by atoms with Crippen LogP contribution in [0.15, 0.2) is 30.3 Å². The first-order valence-corrected chi connectivity index (χ1v) is 14.5. The second kappa shape index (κ2) is 9.89. The number of alkyl halides is 1. The van der Waals surface area contributed by atoms with Crippen molar-refractivity contribution in [3.05, 3.63) is 41.7 Å². The van der Waals surface area contributed by atoms with E-state index in [1.165, 1.54) is 21.9 Å². The molecular weight excluding hydrogens is 544 g/mol. The van der Waals surface area contributed by atoms with Crippen LogP contribution in [0.3, 0.4) is 0 Å². The highest BCUT2D eigenvalue weighted by Crippen LogP contribution is 2.59. The second-order valence-electron chi connectivity index (χ2n) is 13.7. The number of hydrogen-bond acceptors (Lipinski definition) is 5. The van der Waals surface area contributed by atoms with E-state index in [1.54, 1.807) is 18.2 Å². The summed E-state index contributed by atoms with van der Waals surface area (Å²) in [4.78, 5) is 56.2. The van der Waals surface area contributed by atoms with Gasteiger partial charge in [0.1, 0.15) is 30.1 Å². The smallest absolute Gasteiger partial charge is 0.246 e. The van der Waals surface area contributed by atoms with Crippen molar-refractivity contribution in [2.24, 2.45) is 34.5 Å². The number of likely N-dealkylation sites (tertiary alicyclic amines) is 2. The van der Waals surface area contributed by atoms with Crippen molar-refractivity contribution in [3.63, 3.8) is 0 Å². The first-order chi connectivity index (χ1) is 19.9. The summed E-state index contributed by atoms with van der Waals surface area (Å²) in [5, 5.41) is 15.6. The number of nitrogens with zero attached hydrogens (tertiary/aromatic N) is 3. The van der Waals surface area contributed by atoms with Gasteiger partial charge in [-0.1, -0.05) is 20.8 Å². The lowest BCUT2D eigenvalue weighted by molar-refractivity contribution is -0.149. The third-order valence-corrected chi connectivity index (χ3v) is 10.2. The predicted molar refractivity (Wildman–Crippen MR) is 147 cm³/mol. The highest BCUT2D eigenvalue weighted by molar-refractivity contribution is 6.00. The van der Waals surface area contributed by atoms with Crippen LogP contribution in [0.25, 0.3) is 5.70 Å². The average Bonchev–Trinajstić information content (AvgIpc) is 3.73. The molecule has 9 unspecified atom stereocenters. The van der Waals surface area contributed by atoms with E-state index in [9.17, 15) is 28.8 Å². The minimum absolute atomic E-state index is 0.0476. The van der Waals surface area contributed by atoms with Crippen LogP contribution < -0.4 is 10.6 Å². The van der Waals surface area contributed by atoms with E-state index in [4.69, 9.17) is 0 Å². The molecule has 42 heavy (non-hydrogen) atoms. The summed E-state index contributed by atoms with van der Waals surface area (Å²) in [6, 6.07) is 5.01. The number of hydrogen-bond donors (Lipinski definition) is 2. The lowest BCUT2D eigenvalue weighted by Crippen LogP contribution is -2.58. The second-order valence-corrected chi connectivity index (χ2v) is 13.7. The number of fused-ring (bicyclic) bond motifs is 5. The van der Waals surface area contributed by atoms with Crippen molar-refractivity contribution in [3.8, 4) is 6.07 Å². The molecule has 3 aliphatic heterocycles. The van der Waals surface area contributed by atoms with Gasteiger partial charge in [0.25, 0.3) is 0 Å². The molecule has 1 aromatic carbocycles. The average molecular weight is 580 g/mol. The number of amides is 4. The Kier molecular flexibility index (Phi) is 6.67. The zero-order valence-corrected chi connectivity index (χ0v) is 23.8. The highest BCUT2D eigenvalue weighted by atomic mass is 19.1. The molecule has 0 aromatic heterocycles. The van der Waals surface area contributed by atoms with E-state index in [0.717, 1.165) is 0 Å². The Bertz CT molecular complexity index is 1400. The normalized spacial score (nSPS) is 35.6. The first-order valence-electron chi connectivity index (χ1n) is 14.5. The number of carbonyl (C=O) groups is 4. The van der Waals surface area contributed by atoms with E-state index in [0.29, 0.717) is 30.5 Å². The fourth-order valence-corrected chi connectivity index (χ4v) is 8.30. The third-order valence-electron chi connectivity index (χ3n) is 10.2. The van der Waals surface area contributed by atoms with E-state index in [2.05, 4.69) is 16.7 Å². The molecule has 11 heteroatoms. The minimum atomic E-state index is -1.17. The van der Waals surface area contributed by atoms with Gasteiger partial charge in [0.2, 0.25) is 24.1 Å². The number of nitriles is 1. The van der Waals surface area contributed by atoms with Gasteiger partial charge in [-0.25, -0.2) is 8.78 Å². The van der Waals surface area contributed by atoms with Gasteiger partial charge in [-0.05, 0) is 77.8 Å². The Labute approximate surface area is 243 Å². The van der Waals surface area contributed by atoms with Crippen molar-refractivity contribution in [1.82, 2.24) is 20.4 Å². The van der Waals surface area contributed by atoms with E-state index in [-0.39, 0.29) is 43.2 Å². The number of nitrogens with one attached hydrogen (secondary N) is 2. The molecule has 2 saturated carbocycles. The van der Waals surface area contributed by atoms with Crippen molar-refractivity contribution in [2.45, 2.75) is 64.3 Å². The molecule has 3 heterocycles. The van der Waals surface area contributed by atoms with Gasteiger partial charge < -0.3 is 20.4 Å². The molecule has 9 nitrogen and oxygen atoms in total. The molecule has 5 aliphatic rings. The van der Waals surface area contributed by atoms with Crippen LogP contribution in [-0.4, -0.2) is 71.3 Å². The van der Waals surface area contributed by atoms with Gasteiger partial charge in [-0.2, -0.15) is 5.26 Å². The maximum absolute atomic E-state index is 15.1. The van der Waals surface area contributed by atoms with Gasteiger partial charge >= 0.3 is 0 Å². The SMILES string of the molecule is CC(C)(C)C(NC=O)C(=O)N1CC2C3CC(F)C(C3)C2C1C(=O)N1CC2(C=C(c3ccc(F)cc3)NC2=O)CC1C#N. The zero-order chi connectivity index (χ0) is 30.1. The standard InChI is InChI=1S/C31H35F2N5O4/c1-30(2,3)26(35-15-39)28(41)37-13-21-17-8-20(22(33)9-17)24(21)25(37)27(40)38-14-31(10-19(38)12-34)11-23(36-29(31)42)16-4-6-18(32)7-5-16/h4-7,11,15,17,19-22,24-26H,8-10,13-14H2,1-3H3,(H,35,39)(H,36,42). The van der Waals surface area contributed by atoms with Gasteiger partial charge in [-0.3, -0.25) is 19.2 Å². The largest absolute Gasteiger partial charge is 0.346 e. The van der Waals surface area contributed by atoms with Crippen LogP contribution in [0.1, 0.15) is 45.6 Å². The summed E-state index contributed by atoms with van der Waals surface area (Å²) < 4.78 is 28.6. The number of benzene rings is 1. The fraction of sp³-hybridized carbons (Fsp3) is 0.581. The number of carbonyl (C=O) groups excluding carboxylic acids is 4. The van der Waals surface area contributed by atoms with Gasteiger partial charge in [0.15, 0.2) is 0 Å². The molecule has 9 atom stereocenters.